The fourth-order valence-corrected chi connectivity index (χ4v) is 7.56. The molecule has 4 amide bonds. The average Bonchev–Trinajstić information content (AvgIpc) is 3.35. The van der Waals surface area contributed by atoms with Crippen LogP contribution in [0.1, 0.15) is 88.1 Å². The van der Waals surface area contributed by atoms with Gasteiger partial charge in [0, 0.05) is 63.4 Å². The molecule has 1 aromatic rings. The van der Waals surface area contributed by atoms with E-state index in [0.29, 0.717) is 35.8 Å². The molecule has 0 radical (unpaired) electrons. The van der Waals surface area contributed by atoms with Crippen LogP contribution in [0.3, 0.4) is 0 Å². The lowest BCUT2D eigenvalue weighted by Gasteiger charge is -2.40. The summed E-state index contributed by atoms with van der Waals surface area (Å²) >= 11 is 0. The summed E-state index contributed by atoms with van der Waals surface area (Å²) in [7, 11) is 0. The quantitative estimate of drug-likeness (QED) is 0.469. The topological polar surface area (TPSA) is 112 Å². The number of hydrogen-bond donors (Lipinski definition) is 1. The predicted octanol–water partition coefficient (Wildman–Crippen LogP) is 3.68. The Kier molecular flexibility index (Phi) is 9.57. The highest BCUT2D eigenvalue weighted by molar-refractivity contribution is 6.05. The second-order valence-corrected chi connectivity index (χ2v) is 14.6. The lowest BCUT2D eigenvalue weighted by molar-refractivity contribution is -0.136. The van der Waals surface area contributed by atoms with Gasteiger partial charge in [-0.3, -0.25) is 19.7 Å². The zero-order valence-electron chi connectivity index (χ0n) is 27.4. The van der Waals surface area contributed by atoms with Gasteiger partial charge < -0.3 is 29.1 Å². The van der Waals surface area contributed by atoms with E-state index in [2.05, 4.69) is 15.1 Å². The van der Waals surface area contributed by atoms with E-state index in [4.69, 9.17) is 9.47 Å². The van der Waals surface area contributed by atoms with Gasteiger partial charge in [-0.2, -0.15) is 0 Å². The van der Waals surface area contributed by atoms with Crippen molar-refractivity contribution in [2.75, 3.05) is 50.7 Å². The van der Waals surface area contributed by atoms with Crippen molar-refractivity contribution in [2.24, 2.45) is 5.92 Å². The van der Waals surface area contributed by atoms with Crippen LogP contribution >= 0.6 is 0 Å². The minimum Gasteiger partial charge on any atom is -0.444 e. The molecule has 5 aliphatic heterocycles. The Morgan fingerprint density at radius 3 is 2.20 bits per heavy atom. The molecular formula is C34H48FN5O6. The molecule has 1 aromatic carbocycles. The largest absolute Gasteiger partial charge is 0.444 e. The number of hydrogen-bond acceptors (Lipinski definition) is 8. The first-order valence-electron chi connectivity index (χ1n) is 17.0. The normalized spacial score (nSPS) is 24.4. The molecule has 1 atom stereocenters. The van der Waals surface area contributed by atoms with Gasteiger partial charge in [-0.05, 0) is 83.8 Å². The Balaban J connectivity index is 0.925. The zero-order chi connectivity index (χ0) is 32.6. The molecule has 252 valence electrons. The van der Waals surface area contributed by atoms with Crippen molar-refractivity contribution < 1.29 is 33.0 Å². The van der Waals surface area contributed by atoms with Gasteiger partial charge in [0.05, 0.1) is 24.4 Å². The lowest BCUT2D eigenvalue weighted by Crippen LogP contribution is -2.52. The fourth-order valence-electron chi connectivity index (χ4n) is 7.56. The van der Waals surface area contributed by atoms with Crippen molar-refractivity contribution >= 4 is 29.5 Å². The number of piperidine rings is 4. The highest BCUT2D eigenvalue weighted by Gasteiger charge is 2.41. The van der Waals surface area contributed by atoms with Gasteiger partial charge in [0.25, 0.3) is 5.91 Å². The maximum atomic E-state index is 15.8. The fraction of sp³-hybridized carbons (Fsp3) is 0.706. The van der Waals surface area contributed by atoms with E-state index >= 15 is 4.39 Å². The van der Waals surface area contributed by atoms with E-state index in [1.807, 2.05) is 20.8 Å². The van der Waals surface area contributed by atoms with Gasteiger partial charge in [-0.1, -0.05) is 0 Å². The van der Waals surface area contributed by atoms with Crippen molar-refractivity contribution in [2.45, 2.75) is 103 Å². The second kappa shape index (κ2) is 13.5. The van der Waals surface area contributed by atoms with Crippen LogP contribution < -0.4 is 10.2 Å². The molecule has 11 nitrogen and oxygen atoms in total. The summed E-state index contributed by atoms with van der Waals surface area (Å²) in [4.78, 5) is 57.1. The number of likely N-dealkylation sites (tertiary alicyclic amines) is 2. The van der Waals surface area contributed by atoms with Gasteiger partial charge in [0.2, 0.25) is 11.8 Å². The van der Waals surface area contributed by atoms with Crippen LogP contribution in [-0.2, 0) is 25.6 Å². The Bertz CT molecular complexity index is 1330. The summed E-state index contributed by atoms with van der Waals surface area (Å²) < 4.78 is 27.8. The number of fused-ring (bicyclic) bond motifs is 1. The number of rotatable bonds is 6. The molecule has 0 bridgehead atoms. The third-order valence-electron chi connectivity index (χ3n) is 10.1. The van der Waals surface area contributed by atoms with E-state index in [-0.39, 0.29) is 55.3 Å². The number of imide groups is 1. The minimum atomic E-state index is -0.753. The number of carbonyl (C=O) groups is 4. The molecule has 0 aliphatic carbocycles. The molecule has 4 saturated heterocycles. The van der Waals surface area contributed by atoms with Crippen LogP contribution in [-0.4, -0.2) is 108 Å². The lowest BCUT2D eigenvalue weighted by atomic mass is 9.94. The molecule has 5 heterocycles. The van der Waals surface area contributed by atoms with Crippen LogP contribution in [0.2, 0.25) is 0 Å². The smallest absolute Gasteiger partial charge is 0.410 e. The Morgan fingerprint density at radius 2 is 1.57 bits per heavy atom. The zero-order valence-corrected chi connectivity index (χ0v) is 27.4. The number of amides is 4. The van der Waals surface area contributed by atoms with Gasteiger partial charge in [0.15, 0.2) is 5.82 Å². The van der Waals surface area contributed by atoms with Crippen molar-refractivity contribution in [3.8, 4) is 0 Å². The standard InChI is InChI=1S/C34H48FN5O6/c1-34(2,3)46-33(44)39-18-12-24(13-19-39)45-23-10-14-37(15-11-23)20-22-8-16-38(17-9-22)27-5-4-25-26(30(27)35)21-40(32(25)43)28-6-7-29(41)36-31(28)42/h4-5,22-24,28H,6-21H2,1-3H3,(H,36,41,42). The van der Waals surface area contributed by atoms with Crippen LogP contribution in [0.25, 0.3) is 0 Å². The Labute approximate surface area is 270 Å². The van der Waals surface area contributed by atoms with E-state index < -0.39 is 17.6 Å². The van der Waals surface area contributed by atoms with Gasteiger partial charge >= 0.3 is 6.09 Å². The summed E-state index contributed by atoms with van der Waals surface area (Å²) in [5.74, 6) is -1.02. The molecule has 6 rings (SSSR count). The SMILES string of the molecule is CC(C)(C)OC(=O)N1CCC(OC2CCN(CC3CCN(c4ccc5c(c4F)CN(C4CCC(=O)NC4=O)C5=O)CC3)CC2)CC1. The maximum Gasteiger partial charge on any atom is 0.410 e. The number of carbonyl (C=O) groups excluding carboxylic acids is 4. The van der Waals surface area contributed by atoms with Crippen molar-refractivity contribution in [3.63, 3.8) is 0 Å². The Hall–Kier alpha value is -3.25. The number of benzene rings is 1. The molecule has 12 heteroatoms. The van der Waals surface area contributed by atoms with E-state index in [0.717, 1.165) is 71.2 Å². The van der Waals surface area contributed by atoms with Crippen LogP contribution in [0.5, 0.6) is 0 Å². The van der Waals surface area contributed by atoms with Gasteiger partial charge in [-0.15, -0.1) is 0 Å². The second-order valence-electron chi connectivity index (χ2n) is 14.6. The summed E-state index contributed by atoms with van der Waals surface area (Å²) in [6.07, 6.45) is 6.31. The molecule has 4 fully saturated rings. The summed E-state index contributed by atoms with van der Waals surface area (Å²) in [5.41, 5.74) is 0.681. The van der Waals surface area contributed by atoms with E-state index in [1.165, 1.54) is 4.90 Å². The van der Waals surface area contributed by atoms with Crippen LogP contribution in [0, 0.1) is 11.7 Å². The highest BCUT2D eigenvalue weighted by atomic mass is 19.1. The third-order valence-corrected chi connectivity index (χ3v) is 10.1. The average molecular weight is 642 g/mol. The van der Waals surface area contributed by atoms with Gasteiger partial charge in [0.1, 0.15) is 11.6 Å². The van der Waals surface area contributed by atoms with Crippen LogP contribution in [0.15, 0.2) is 12.1 Å². The third kappa shape index (κ3) is 7.33. The number of nitrogens with one attached hydrogen (secondary N) is 1. The number of halogens is 1. The first kappa shape index (κ1) is 32.7. The summed E-state index contributed by atoms with van der Waals surface area (Å²) in [5, 5.41) is 2.29. The molecule has 1 unspecified atom stereocenters. The van der Waals surface area contributed by atoms with Crippen molar-refractivity contribution in [1.29, 1.82) is 0 Å². The molecule has 0 saturated carbocycles. The van der Waals surface area contributed by atoms with Crippen LogP contribution in [0.4, 0.5) is 14.9 Å². The predicted molar refractivity (Wildman–Crippen MR) is 169 cm³/mol. The highest BCUT2D eigenvalue weighted by Crippen LogP contribution is 2.35. The first-order chi connectivity index (χ1) is 21.9. The maximum absolute atomic E-state index is 15.8. The molecule has 46 heavy (non-hydrogen) atoms. The molecule has 0 aromatic heterocycles. The van der Waals surface area contributed by atoms with Gasteiger partial charge in [-0.25, -0.2) is 9.18 Å². The van der Waals surface area contributed by atoms with Crippen molar-refractivity contribution in [1.82, 2.24) is 20.0 Å². The van der Waals surface area contributed by atoms with E-state index in [1.54, 1.807) is 17.0 Å². The molecule has 5 aliphatic rings. The monoisotopic (exact) mass is 641 g/mol. The number of anilines is 1. The molecule has 0 spiro atoms. The molecule has 1 N–H and O–H groups in total. The number of ether oxygens (including phenoxy) is 2. The molecular weight excluding hydrogens is 593 g/mol. The van der Waals surface area contributed by atoms with Crippen molar-refractivity contribution in [3.05, 3.63) is 29.1 Å². The summed E-state index contributed by atoms with van der Waals surface area (Å²) in [6, 6.07) is 2.63. The van der Waals surface area contributed by atoms with E-state index in [9.17, 15) is 19.2 Å². The minimum absolute atomic E-state index is 0.0432. The summed E-state index contributed by atoms with van der Waals surface area (Å²) in [6.45, 7) is 11.6. The number of nitrogens with zero attached hydrogens (tertiary/aromatic N) is 4. The Morgan fingerprint density at radius 1 is 0.913 bits per heavy atom. The first-order valence-corrected chi connectivity index (χ1v) is 17.0.